The van der Waals surface area contributed by atoms with Gasteiger partial charge in [-0.2, -0.15) is 0 Å². The summed E-state index contributed by atoms with van der Waals surface area (Å²) in [6.07, 6.45) is 0. The lowest BCUT2D eigenvalue weighted by Crippen LogP contribution is -2.54. The number of hydrogen-bond donors (Lipinski definition) is 0. The van der Waals surface area contributed by atoms with Crippen molar-refractivity contribution in [3.05, 3.63) is 29.8 Å². The molecule has 6 heteroatoms. The monoisotopic (exact) mass is 319 g/mol. The molecule has 6 nitrogen and oxygen atoms in total. The summed E-state index contributed by atoms with van der Waals surface area (Å²) in [4.78, 5) is 30.4. The van der Waals surface area contributed by atoms with Gasteiger partial charge in [0.1, 0.15) is 5.75 Å². The van der Waals surface area contributed by atoms with Gasteiger partial charge in [0.15, 0.2) is 0 Å². The molecule has 1 fully saturated rings. The summed E-state index contributed by atoms with van der Waals surface area (Å²) in [6.45, 7) is 4.17. The molecule has 0 N–H and O–H groups in total. The SMILES string of the molecule is COc1cccc(C(=O)N2CCN(C(=O)[C@@H](C)N(C)C)CC2)c1. The van der Waals surface area contributed by atoms with Crippen molar-refractivity contribution in [2.75, 3.05) is 47.4 Å². The number of methoxy groups -OCH3 is 1. The molecule has 0 bridgehead atoms. The van der Waals surface area contributed by atoms with Gasteiger partial charge in [-0.15, -0.1) is 0 Å². The van der Waals surface area contributed by atoms with Crippen LogP contribution in [0.3, 0.4) is 0 Å². The molecule has 2 amide bonds. The van der Waals surface area contributed by atoms with Crippen LogP contribution in [-0.4, -0.2) is 79.9 Å². The highest BCUT2D eigenvalue weighted by molar-refractivity contribution is 5.94. The highest BCUT2D eigenvalue weighted by Gasteiger charge is 2.28. The average Bonchev–Trinajstić information content (AvgIpc) is 2.59. The van der Waals surface area contributed by atoms with Gasteiger partial charge in [-0.3, -0.25) is 14.5 Å². The number of nitrogens with zero attached hydrogens (tertiary/aromatic N) is 3. The third-order valence-corrected chi connectivity index (χ3v) is 4.33. The van der Waals surface area contributed by atoms with Crippen LogP contribution in [0.15, 0.2) is 24.3 Å². The molecule has 1 atom stereocenters. The number of carbonyl (C=O) groups excluding carboxylic acids is 2. The van der Waals surface area contributed by atoms with Gasteiger partial charge in [0, 0.05) is 31.7 Å². The minimum Gasteiger partial charge on any atom is -0.497 e. The summed E-state index contributed by atoms with van der Waals surface area (Å²) in [6, 6.07) is 7.01. The number of carbonyl (C=O) groups is 2. The van der Waals surface area contributed by atoms with Gasteiger partial charge >= 0.3 is 0 Å². The van der Waals surface area contributed by atoms with Gasteiger partial charge in [0.2, 0.25) is 5.91 Å². The topological polar surface area (TPSA) is 53.1 Å². The lowest BCUT2D eigenvalue weighted by atomic mass is 10.1. The van der Waals surface area contributed by atoms with E-state index >= 15 is 0 Å². The molecule has 1 aromatic carbocycles. The molecule has 126 valence electrons. The third kappa shape index (κ3) is 4.01. The maximum Gasteiger partial charge on any atom is 0.254 e. The number of piperazine rings is 1. The zero-order valence-electron chi connectivity index (χ0n) is 14.3. The first-order chi connectivity index (χ1) is 10.9. The Bertz CT molecular complexity index is 566. The largest absolute Gasteiger partial charge is 0.497 e. The molecular weight excluding hydrogens is 294 g/mol. The molecule has 0 spiro atoms. The van der Waals surface area contributed by atoms with E-state index in [1.54, 1.807) is 24.1 Å². The summed E-state index contributed by atoms with van der Waals surface area (Å²) in [5.41, 5.74) is 0.616. The van der Waals surface area contributed by atoms with E-state index < -0.39 is 0 Å². The van der Waals surface area contributed by atoms with E-state index in [1.807, 2.05) is 43.0 Å². The minimum atomic E-state index is -0.143. The van der Waals surface area contributed by atoms with Crippen molar-refractivity contribution in [3.8, 4) is 5.75 Å². The molecule has 0 saturated carbocycles. The molecule has 0 unspecified atom stereocenters. The smallest absolute Gasteiger partial charge is 0.254 e. The van der Waals surface area contributed by atoms with Crippen LogP contribution in [0.4, 0.5) is 0 Å². The van der Waals surface area contributed by atoms with E-state index in [0.29, 0.717) is 37.5 Å². The zero-order valence-corrected chi connectivity index (χ0v) is 14.3. The summed E-state index contributed by atoms with van der Waals surface area (Å²) in [5.74, 6) is 0.768. The van der Waals surface area contributed by atoms with Gasteiger partial charge < -0.3 is 14.5 Å². The van der Waals surface area contributed by atoms with Crippen LogP contribution in [0, 0.1) is 0 Å². The molecular formula is C17H25N3O3. The molecule has 1 aromatic rings. The molecule has 1 heterocycles. The summed E-state index contributed by atoms with van der Waals surface area (Å²) in [7, 11) is 5.37. The van der Waals surface area contributed by atoms with Gasteiger partial charge in [-0.25, -0.2) is 0 Å². The summed E-state index contributed by atoms with van der Waals surface area (Å²) in [5, 5.41) is 0. The van der Waals surface area contributed by atoms with E-state index in [2.05, 4.69) is 0 Å². The van der Waals surface area contributed by atoms with Gasteiger partial charge in [-0.05, 0) is 39.2 Å². The fourth-order valence-corrected chi connectivity index (χ4v) is 2.55. The Morgan fingerprint density at radius 2 is 1.74 bits per heavy atom. The van der Waals surface area contributed by atoms with Crippen LogP contribution in [-0.2, 0) is 4.79 Å². The average molecular weight is 319 g/mol. The Balaban J connectivity index is 1.96. The van der Waals surface area contributed by atoms with Crippen LogP contribution in [0.25, 0.3) is 0 Å². The first kappa shape index (κ1) is 17.3. The number of ether oxygens (including phenoxy) is 1. The van der Waals surface area contributed by atoms with E-state index in [9.17, 15) is 9.59 Å². The Kier molecular flexibility index (Phi) is 5.60. The Labute approximate surface area is 137 Å². The molecule has 1 aliphatic rings. The highest BCUT2D eigenvalue weighted by atomic mass is 16.5. The van der Waals surface area contributed by atoms with Gasteiger partial charge in [0.25, 0.3) is 5.91 Å². The molecule has 0 radical (unpaired) electrons. The van der Waals surface area contributed by atoms with Crippen molar-refractivity contribution in [3.63, 3.8) is 0 Å². The number of rotatable bonds is 4. The molecule has 0 aromatic heterocycles. The van der Waals surface area contributed by atoms with Crippen molar-refractivity contribution in [1.29, 1.82) is 0 Å². The maximum absolute atomic E-state index is 12.5. The van der Waals surface area contributed by atoms with Crippen LogP contribution < -0.4 is 4.74 Å². The third-order valence-electron chi connectivity index (χ3n) is 4.33. The number of amides is 2. The quantitative estimate of drug-likeness (QED) is 0.828. The van der Waals surface area contributed by atoms with Gasteiger partial charge in [0.05, 0.1) is 13.2 Å². The van der Waals surface area contributed by atoms with E-state index in [4.69, 9.17) is 4.74 Å². The summed E-state index contributed by atoms with van der Waals surface area (Å²) >= 11 is 0. The molecule has 2 rings (SSSR count). The number of likely N-dealkylation sites (N-methyl/N-ethyl adjacent to an activating group) is 1. The highest BCUT2D eigenvalue weighted by Crippen LogP contribution is 2.16. The normalized spacial score (nSPS) is 16.4. The van der Waals surface area contributed by atoms with E-state index in [1.165, 1.54) is 0 Å². The zero-order chi connectivity index (χ0) is 17.0. The van der Waals surface area contributed by atoms with Crippen molar-refractivity contribution in [2.45, 2.75) is 13.0 Å². The lowest BCUT2D eigenvalue weighted by Gasteiger charge is -2.37. The summed E-state index contributed by atoms with van der Waals surface area (Å²) < 4.78 is 5.16. The molecule has 1 aliphatic heterocycles. The minimum absolute atomic E-state index is 0.0170. The van der Waals surface area contributed by atoms with E-state index in [-0.39, 0.29) is 17.9 Å². The molecule has 0 aliphatic carbocycles. The predicted octanol–water partition coefficient (Wildman–Crippen LogP) is 0.930. The number of hydrogen-bond acceptors (Lipinski definition) is 4. The second kappa shape index (κ2) is 7.46. The maximum atomic E-state index is 12.5. The Morgan fingerprint density at radius 3 is 2.30 bits per heavy atom. The first-order valence-corrected chi connectivity index (χ1v) is 7.82. The molecule has 23 heavy (non-hydrogen) atoms. The Hall–Kier alpha value is -2.08. The van der Waals surface area contributed by atoms with Crippen LogP contribution >= 0.6 is 0 Å². The predicted molar refractivity (Wildman–Crippen MR) is 88.6 cm³/mol. The van der Waals surface area contributed by atoms with Crippen LogP contribution in [0.1, 0.15) is 17.3 Å². The van der Waals surface area contributed by atoms with Crippen molar-refractivity contribution in [1.82, 2.24) is 14.7 Å². The first-order valence-electron chi connectivity index (χ1n) is 7.82. The van der Waals surface area contributed by atoms with E-state index in [0.717, 1.165) is 0 Å². The van der Waals surface area contributed by atoms with Gasteiger partial charge in [-0.1, -0.05) is 6.07 Å². The van der Waals surface area contributed by atoms with Crippen molar-refractivity contribution >= 4 is 11.8 Å². The van der Waals surface area contributed by atoms with Crippen molar-refractivity contribution < 1.29 is 14.3 Å². The second-order valence-electron chi connectivity index (χ2n) is 5.99. The van der Waals surface area contributed by atoms with Crippen LogP contribution in [0.2, 0.25) is 0 Å². The fraction of sp³-hybridized carbons (Fsp3) is 0.529. The van der Waals surface area contributed by atoms with Crippen molar-refractivity contribution in [2.24, 2.45) is 0 Å². The molecule has 1 saturated heterocycles. The van der Waals surface area contributed by atoms with Crippen LogP contribution in [0.5, 0.6) is 5.75 Å². The lowest BCUT2D eigenvalue weighted by molar-refractivity contribution is -0.137. The number of benzene rings is 1. The standard InChI is InChI=1S/C17H25N3O3/c1-13(18(2)3)16(21)19-8-10-20(11-9-19)17(22)14-6-5-7-15(12-14)23-4/h5-7,12-13H,8-11H2,1-4H3/t13-/m1/s1. The Morgan fingerprint density at radius 1 is 1.13 bits per heavy atom. The fourth-order valence-electron chi connectivity index (χ4n) is 2.55. The second-order valence-corrected chi connectivity index (χ2v) is 5.99.